The minimum absolute atomic E-state index is 0.155. The average molecular weight is 246 g/mol. The highest BCUT2D eigenvalue weighted by molar-refractivity contribution is 4.85. The lowest BCUT2D eigenvalue weighted by molar-refractivity contribution is 0.0537. The van der Waals surface area contributed by atoms with E-state index in [1.165, 1.54) is 0 Å². The van der Waals surface area contributed by atoms with E-state index in [2.05, 4.69) is 31.1 Å². The van der Waals surface area contributed by atoms with Crippen LogP contribution < -0.4 is 5.32 Å². The van der Waals surface area contributed by atoms with Crippen LogP contribution in [0.3, 0.4) is 0 Å². The van der Waals surface area contributed by atoms with Crippen molar-refractivity contribution in [3.63, 3.8) is 0 Å². The third-order valence-electron chi connectivity index (χ3n) is 2.69. The normalized spacial score (nSPS) is 15.5. The minimum Gasteiger partial charge on any atom is -0.394 e. The van der Waals surface area contributed by atoms with Gasteiger partial charge in [0.2, 0.25) is 0 Å². The molecule has 1 unspecified atom stereocenters. The van der Waals surface area contributed by atoms with Crippen molar-refractivity contribution < 1.29 is 9.84 Å². The molecule has 0 radical (unpaired) electrons. The lowest BCUT2D eigenvalue weighted by Crippen LogP contribution is -2.53. The fourth-order valence-electron chi connectivity index (χ4n) is 1.71. The quantitative estimate of drug-likeness (QED) is 0.606. The number of hydrogen-bond donors (Lipinski definition) is 2. The summed E-state index contributed by atoms with van der Waals surface area (Å²) in [7, 11) is 2.06. The molecule has 0 aromatic carbocycles. The summed E-state index contributed by atoms with van der Waals surface area (Å²) in [6.07, 6.45) is 1.36. The molecule has 0 spiro atoms. The van der Waals surface area contributed by atoms with E-state index >= 15 is 0 Å². The summed E-state index contributed by atoms with van der Waals surface area (Å²) in [6.45, 7) is 11.8. The summed E-state index contributed by atoms with van der Waals surface area (Å²) in [5.41, 5.74) is -0.220. The Morgan fingerprint density at radius 1 is 1.41 bits per heavy atom. The molecule has 0 aromatic heterocycles. The molecular weight excluding hydrogens is 216 g/mol. The van der Waals surface area contributed by atoms with Crippen LogP contribution in [0, 0.1) is 0 Å². The van der Waals surface area contributed by atoms with Crippen LogP contribution in [-0.4, -0.2) is 61.5 Å². The first-order valence-corrected chi connectivity index (χ1v) is 6.59. The van der Waals surface area contributed by atoms with Crippen molar-refractivity contribution in [3.8, 4) is 0 Å². The van der Waals surface area contributed by atoms with Gasteiger partial charge in [0.1, 0.15) is 0 Å². The van der Waals surface area contributed by atoms with Crippen molar-refractivity contribution in [2.45, 2.75) is 45.8 Å². The fraction of sp³-hybridized carbons (Fsp3) is 1.00. The summed E-state index contributed by atoms with van der Waals surface area (Å²) in [6, 6.07) is 0. The first kappa shape index (κ1) is 16.8. The van der Waals surface area contributed by atoms with Gasteiger partial charge in [-0.3, -0.25) is 0 Å². The van der Waals surface area contributed by atoms with Crippen molar-refractivity contribution in [1.29, 1.82) is 0 Å². The number of nitrogens with zero attached hydrogens (tertiary/aromatic N) is 1. The van der Waals surface area contributed by atoms with E-state index < -0.39 is 0 Å². The maximum Gasteiger partial charge on any atom is 0.0623 e. The summed E-state index contributed by atoms with van der Waals surface area (Å²) in [5.74, 6) is 0. The van der Waals surface area contributed by atoms with Crippen LogP contribution in [0.25, 0.3) is 0 Å². The van der Waals surface area contributed by atoms with Crippen molar-refractivity contribution >= 4 is 0 Å². The predicted octanol–water partition coefficient (Wildman–Crippen LogP) is 1.09. The zero-order valence-electron chi connectivity index (χ0n) is 12.1. The summed E-state index contributed by atoms with van der Waals surface area (Å²) in [5, 5.41) is 12.8. The van der Waals surface area contributed by atoms with Gasteiger partial charge in [0.15, 0.2) is 0 Å². The van der Waals surface area contributed by atoms with Crippen molar-refractivity contribution in [1.82, 2.24) is 10.2 Å². The molecule has 0 bridgehead atoms. The first-order valence-electron chi connectivity index (χ1n) is 6.59. The molecule has 0 amide bonds. The molecule has 2 N–H and O–H groups in total. The Kier molecular flexibility index (Phi) is 8.78. The number of likely N-dealkylation sites (N-methyl/N-ethyl adjacent to an activating group) is 1. The highest BCUT2D eigenvalue weighted by atomic mass is 16.5. The molecule has 104 valence electrons. The Balaban J connectivity index is 3.91. The summed E-state index contributed by atoms with van der Waals surface area (Å²) < 4.78 is 5.52. The Hall–Kier alpha value is -0.160. The third kappa shape index (κ3) is 8.55. The molecule has 0 aliphatic rings. The molecular formula is C13H30N2O2. The maximum absolute atomic E-state index is 9.45. The van der Waals surface area contributed by atoms with Gasteiger partial charge in [-0.25, -0.2) is 0 Å². The summed E-state index contributed by atoms with van der Waals surface area (Å²) in [4.78, 5) is 2.20. The zero-order valence-corrected chi connectivity index (χ0v) is 12.1. The monoisotopic (exact) mass is 246 g/mol. The van der Waals surface area contributed by atoms with E-state index in [1.54, 1.807) is 0 Å². The van der Waals surface area contributed by atoms with Crippen LogP contribution >= 0.6 is 0 Å². The number of aliphatic hydroxyl groups excluding tert-OH is 1. The summed E-state index contributed by atoms with van der Waals surface area (Å²) >= 11 is 0. The lowest BCUT2D eigenvalue weighted by atomic mass is 10.0. The molecule has 0 saturated heterocycles. The molecule has 1 atom stereocenters. The van der Waals surface area contributed by atoms with Gasteiger partial charge < -0.3 is 20.1 Å². The number of hydrogen-bond acceptors (Lipinski definition) is 4. The SMILES string of the molecule is CCCNC(C)(CO)CN(C)CCOC(C)C. The standard InChI is InChI=1S/C13H30N2O2/c1-6-7-14-13(4,11-16)10-15(5)8-9-17-12(2)3/h12,14,16H,6-11H2,1-5H3. The second kappa shape index (κ2) is 8.86. The first-order chi connectivity index (χ1) is 7.93. The van der Waals surface area contributed by atoms with E-state index in [9.17, 15) is 5.11 Å². The van der Waals surface area contributed by atoms with Gasteiger partial charge in [0, 0.05) is 13.1 Å². The van der Waals surface area contributed by atoms with Crippen LogP contribution in [0.2, 0.25) is 0 Å². The van der Waals surface area contributed by atoms with Crippen LogP contribution in [0.1, 0.15) is 34.1 Å². The van der Waals surface area contributed by atoms with Gasteiger partial charge in [-0.15, -0.1) is 0 Å². The molecule has 0 rings (SSSR count). The van der Waals surface area contributed by atoms with E-state index in [0.717, 1.165) is 32.7 Å². The molecule has 4 heteroatoms. The number of nitrogens with one attached hydrogen (secondary N) is 1. The molecule has 0 aliphatic heterocycles. The van der Waals surface area contributed by atoms with Gasteiger partial charge in [-0.2, -0.15) is 0 Å². The average Bonchev–Trinajstić information content (AvgIpc) is 2.26. The van der Waals surface area contributed by atoms with Crippen LogP contribution in [0.4, 0.5) is 0 Å². The van der Waals surface area contributed by atoms with Gasteiger partial charge in [-0.1, -0.05) is 6.92 Å². The molecule has 4 nitrogen and oxygen atoms in total. The zero-order chi connectivity index (χ0) is 13.3. The number of ether oxygens (including phenoxy) is 1. The molecule has 0 aromatic rings. The van der Waals surface area contributed by atoms with Crippen LogP contribution in [-0.2, 0) is 4.74 Å². The van der Waals surface area contributed by atoms with Crippen molar-refractivity contribution in [2.75, 3.05) is 39.9 Å². The lowest BCUT2D eigenvalue weighted by Gasteiger charge is -2.33. The Morgan fingerprint density at radius 2 is 2.06 bits per heavy atom. The van der Waals surface area contributed by atoms with Crippen molar-refractivity contribution in [2.24, 2.45) is 0 Å². The van der Waals surface area contributed by atoms with Gasteiger partial charge in [-0.05, 0) is 40.8 Å². The third-order valence-corrected chi connectivity index (χ3v) is 2.69. The fourth-order valence-corrected chi connectivity index (χ4v) is 1.71. The Labute approximate surface area is 106 Å². The van der Waals surface area contributed by atoms with Gasteiger partial charge in [0.05, 0.1) is 24.9 Å². The minimum atomic E-state index is -0.220. The highest BCUT2D eigenvalue weighted by Crippen LogP contribution is 2.05. The second-order valence-corrected chi connectivity index (χ2v) is 5.30. The topological polar surface area (TPSA) is 44.7 Å². The Bertz CT molecular complexity index is 188. The largest absolute Gasteiger partial charge is 0.394 e. The Morgan fingerprint density at radius 3 is 2.53 bits per heavy atom. The smallest absolute Gasteiger partial charge is 0.0623 e. The van der Waals surface area contributed by atoms with E-state index in [4.69, 9.17) is 4.74 Å². The van der Waals surface area contributed by atoms with E-state index in [-0.39, 0.29) is 18.2 Å². The molecule has 0 aliphatic carbocycles. The van der Waals surface area contributed by atoms with Gasteiger partial charge >= 0.3 is 0 Å². The number of rotatable bonds is 10. The predicted molar refractivity (Wildman–Crippen MR) is 72.4 cm³/mol. The molecule has 17 heavy (non-hydrogen) atoms. The maximum atomic E-state index is 9.45. The second-order valence-electron chi connectivity index (χ2n) is 5.30. The highest BCUT2D eigenvalue weighted by Gasteiger charge is 2.23. The van der Waals surface area contributed by atoms with E-state index in [1.807, 2.05) is 13.8 Å². The molecule has 0 heterocycles. The number of aliphatic hydroxyl groups is 1. The van der Waals surface area contributed by atoms with Crippen molar-refractivity contribution in [3.05, 3.63) is 0 Å². The molecule has 0 saturated carbocycles. The van der Waals surface area contributed by atoms with Crippen LogP contribution in [0.15, 0.2) is 0 Å². The van der Waals surface area contributed by atoms with Gasteiger partial charge in [0.25, 0.3) is 0 Å². The van der Waals surface area contributed by atoms with Crippen LogP contribution in [0.5, 0.6) is 0 Å². The molecule has 0 fully saturated rings. The van der Waals surface area contributed by atoms with E-state index in [0.29, 0.717) is 0 Å².